The van der Waals surface area contributed by atoms with E-state index >= 15 is 0 Å². The largest absolute Gasteiger partial charge is 0.502 e. The van der Waals surface area contributed by atoms with E-state index in [0.717, 1.165) is 17.7 Å². The normalized spacial score (nSPS) is 14.7. The summed E-state index contributed by atoms with van der Waals surface area (Å²) in [5.74, 6) is -37.4. The molecule has 0 aliphatic carbocycles. The molecule has 0 saturated carbocycles. The van der Waals surface area contributed by atoms with Gasteiger partial charge in [-0.25, -0.2) is 0 Å². The standard InChI is InChI=1S/C21H27N2.C16H11F13O.Ru/c1-14-9-16(3)20(17(4)10-14)22-7-8-23(13-22)21-18(5)11-15(2)12-19(21)6;1-7(2)30-10-5-4-9(6-8(10)3)11(17,18)12(19,20)13(21,22)14(23,24)15(25,26)16(27,28)29;/h9-13H,7-8H2,1-6H3;3-7H,1-2H3;/q-1;;+1. The summed E-state index contributed by atoms with van der Waals surface area (Å²) >= 11 is 1.72. The smallest absolute Gasteiger partial charge is 0.0146 e. The Bertz CT molecular complexity index is 1730. The van der Waals surface area contributed by atoms with Gasteiger partial charge in [-0.1, -0.05) is 35.4 Å². The number of ether oxygens (including phenoxy) is 1. The number of alkyl halides is 13. The molecule has 1 fully saturated rings. The summed E-state index contributed by atoms with van der Waals surface area (Å²) in [6, 6.07) is 9.86. The Hall–Kier alpha value is -3.36. The molecule has 0 bridgehead atoms. The van der Waals surface area contributed by atoms with E-state index in [1.807, 2.05) is 0 Å². The SMILES string of the molecule is CC(C)Oc1ccc(C(F)(F)C(F)(F)C(F)(F)C(F)(F)C(F)(F)C(F)(F)F)cc1[CH]=[Ru+].Cc1cc(C)c(N2[CH-]N(c3c(C)cc(C)cc3C)CC2)c(C)c1. The molecule has 1 heterocycles. The molecule has 4 rings (SSSR count). The third-order valence-electron chi connectivity index (χ3n) is 8.48. The number of benzene rings is 3. The second kappa shape index (κ2) is 15.6. The van der Waals surface area contributed by atoms with E-state index in [4.69, 9.17) is 4.74 Å². The minimum atomic E-state index is -7.93. The molecule has 0 N–H and O–H groups in total. The molecule has 0 spiro atoms. The Morgan fingerprint density at radius 2 is 1.00 bits per heavy atom. The van der Waals surface area contributed by atoms with Gasteiger partial charge in [-0.05, 0) is 63.8 Å². The van der Waals surface area contributed by atoms with Gasteiger partial charge in [-0.15, -0.1) is 0 Å². The van der Waals surface area contributed by atoms with Crippen LogP contribution >= 0.6 is 0 Å². The third-order valence-corrected chi connectivity index (χ3v) is 9.02. The van der Waals surface area contributed by atoms with Gasteiger partial charge >= 0.3 is 175 Å². The Kier molecular flexibility index (Phi) is 13.0. The van der Waals surface area contributed by atoms with Crippen LogP contribution in [0.2, 0.25) is 0 Å². The van der Waals surface area contributed by atoms with Crippen LogP contribution < -0.4 is 14.5 Å². The molecule has 1 aliphatic rings. The van der Waals surface area contributed by atoms with E-state index in [1.54, 1.807) is 17.9 Å². The van der Waals surface area contributed by atoms with Crippen molar-refractivity contribution < 1.29 is 79.7 Å². The van der Waals surface area contributed by atoms with Gasteiger partial charge in [-0.2, -0.15) is 6.67 Å². The van der Waals surface area contributed by atoms with E-state index in [1.165, 1.54) is 58.6 Å². The molecular weight excluding hydrogens is 836 g/mol. The molecule has 3 aromatic rings. The van der Waals surface area contributed by atoms with Crippen molar-refractivity contribution >= 4 is 16.0 Å². The predicted molar refractivity (Wildman–Crippen MR) is 177 cm³/mol. The summed E-state index contributed by atoms with van der Waals surface area (Å²) in [7, 11) is 0. The van der Waals surface area contributed by atoms with Crippen molar-refractivity contribution in [2.75, 3.05) is 22.9 Å². The van der Waals surface area contributed by atoms with Crippen LogP contribution in [0.3, 0.4) is 0 Å². The molecule has 3 aromatic carbocycles. The fraction of sp³-hybridized carbons (Fsp3) is 0.459. The summed E-state index contributed by atoms with van der Waals surface area (Å²) in [6.45, 7) is 20.5. The molecule has 3 nitrogen and oxygen atoms in total. The maximum Gasteiger partial charge on any atom is 0.0146 e. The van der Waals surface area contributed by atoms with Gasteiger partial charge in [0.05, 0.1) is 0 Å². The third kappa shape index (κ3) is 8.26. The van der Waals surface area contributed by atoms with Crippen LogP contribution in [0.1, 0.15) is 58.4 Å². The number of nitrogens with zero attached hydrogens (tertiary/aromatic N) is 2. The molecule has 0 aromatic heterocycles. The molecule has 1 saturated heterocycles. The van der Waals surface area contributed by atoms with Crippen molar-refractivity contribution in [3.8, 4) is 5.75 Å². The van der Waals surface area contributed by atoms with Crippen LogP contribution in [0.4, 0.5) is 68.5 Å². The number of aryl methyl sites for hydroxylation is 6. The van der Waals surface area contributed by atoms with Gasteiger partial charge in [-0.3, -0.25) is 0 Å². The van der Waals surface area contributed by atoms with Gasteiger partial charge < -0.3 is 9.80 Å². The minimum Gasteiger partial charge on any atom is -0.502 e. The number of rotatable bonds is 10. The summed E-state index contributed by atoms with van der Waals surface area (Å²) in [5, 5.41) is 0. The van der Waals surface area contributed by atoms with Crippen LogP contribution in [0.5, 0.6) is 5.75 Å². The summed E-state index contributed by atoms with van der Waals surface area (Å²) in [5.41, 5.74) is 8.35. The zero-order chi connectivity index (χ0) is 41.6. The maximum absolute atomic E-state index is 14.2. The molecule has 0 atom stereocenters. The van der Waals surface area contributed by atoms with Crippen LogP contribution in [0.15, 0.2) is 42.5 Å². The van der Waals surface area contributed by atoms with E-state index in [0.29, 0.717) is 6.07 Å². The Morgan fingerprint density at radius 1 is 0.611 bits per heavy atom. The Morgan fingerprint density at radius 3 is 1.35 bits per heavy atom. The van der Waals surface area contributed by atoms with Crippen molar-refractivity contribution in [2.24, 2.45) is 0 Å². The van der Waals surface area contributed by atoms with Crippen LogP contribution in [-0.4, -0.2) is 53.7 Å². The summed E-state index contributed by atoms with van der Waals surface area (Å²) in [4.78, 5) is 4.81. The molecule has 0 radical (unpaired) electrons. The first-order chi connectivity index (χ1) is 24.5. The molecule has 17 heteroatoms. The first-order valence-corrected chi connectivity index (χ1v) is 17.2. The fourth-order valence-electron chi connectivity index (χ4n) is 6.22. The monoisotopic (exact) mass is 875 g/mol. The van der Waals surface area contributed by atoms with E-state index in [9.17, 15) is 57.1 Å². The first kappa shape index (κ1) is 45.0. The van der Waals surface area contributed by atoms with Crippen molar-refractivity contribution in [1.82, 2.24) is 0 Å². The number of hydrogen-bond acceptors (Lipinski definition) is 3. The quantitative estimate of drug-likeness (QED) is 0.115. The summed E-state index contributed by atoms with van der Waals surface area (Å²) in [6.07, 6.45) is -8.02. The van der Waals surface area contributed by atoms with Crippen molar-refractivity contribution in [1.29, 1.82) is 0 Å². The van der Waals surface area contributed by atoms with Gasteiger partial charge in [0.25, 0.3) is 0 Å². The maximum atomic E-state index is 14.2. The molecule has 54 heavy (non-hydrogen) atoms. The second-order valence-corrected chi connectivity index (χ2v) is 13.9. The fourth-order valence-corrected chi connectivity index (χ4v) is 6.62. The van der Waals surface area contributed by atoms with Gasteiger partial charge in [0, 0.05) is 24.5 Å². The van der Waals surface area contributed by atoms with Crippen molar-refractivity contribution in [2.45, 2.75) is 97.3 Å². The number of anilines is 2. The second-order valence-electron chi connectivity index (χ2n) is 13.4. The van der Waals surface area contributed by atoms with Crippen LogP contribution in [0, 0.1) is 48.2 Å². The van der Waals surface area contributed by atoms with Gasteiger partial charge in [0.2, 0.25) is 0 Å². The molecule has 0 unspecified atom stereocenters. The summed E-state index contributed by atoms with van der Waals surface area (Å²) < 4.78 is 178. The van der Waals surface area contributed by atoms with Crippen molar-refractivity contribution in [3.63, 3.8) is 0 Å². The van der Waals surface area contributed by atoms with Gasteiger partial charge in [0.15, 0.2) is 0 Å². The average Bonchev–Trinajstić information content (AvgIpc) is 3.48. The van der Waals surface area contributed by atoms with Gasteiger partial charge in [0.1, 0.15) is 0 Å². The topological polar surface area (TPSA) is 15.7 Å². The average molecular weight is 875 g/mol. The Labute approximate surface area is 314 Å². The zero-order valence-corrected chi connectivity index (χ0v) is 32.0. The van der Waals surface area contributed by atoms with Crippen LogP contribution in [0.25, 0.3) is 0 Å². The predicted octanol–water partition coefficient (Wildman–Crippen LogP) is 11.3. The van der Waals surface area contributed by atoms with E-state index in [-0.39, 0.29) is 17.9 Å². The number of hydrogen-bond donors (Lipinski definition) is 0. The molecular formula is C37H38F13N2ORu. The Balaban J connectivity index is 0.000000302. The van der Waals surface area contributed by atoms with Crippen LogP contribution in [-0.2, 0) is 23.8 Å². The van der Waals surface area contributed by atoms with Crippen molar-refractivity contribution in [3.05, 3.63) is 93.6 Å². The molecule has 301 valence electrons. The van der Waals surface area contributed by atoms with E-state index in [2.05, 4.69) is 82.3 Å². The number of halogens is 13. The zero-order valence-electron chi connectivity index (χ0n) is 30.3. The minimum absolute atomic E-state index is 0.0565. The molecule has 1 aliphatic heterocycles. The first-order valence-electron chi connectivity index (χ1n) is 16.2. The van der Waals surface area contributed by atoms with E-state index < -0.39 is 53.0 Å². The molecule has 0 amide bonds.